The number of ether oxygens (including phenoxy) is 1. The molecule has 14 heavy (non-hydrogen) atoms. The molecule has 0 aliphatic carbocycles. The Morgan fingerprint density at radius 2 is 2.21 bits per heavy atom. The fourth-order valence-corrected chi connectivity index (χ4v) is 1.26. The van der Waals surface area contributed by atoms with Crippen LogP contribution in [-0.4, -0.2) is 23.3 Å². The summed E-state index contributed by atoms with van der Waals surface area (Å²) in [6, 6.07) is 1.46. The molecule has 0 saturated carbocycles. The first-order valence-corrected chi connectivity index (χ1v) is 4.51. The number of aliphatic hydroxyl groups excluding tert-OH is 1. The molecule has 1 heterocycles. The molecule has 0 aliphatic rings. The molecule has 0 spiro atoms. The van der Waals surface area contributed by atoms with Crippen molar-refractivity contribution in [3.63, 3.8) is 0 Å². The zero-order valence-corrected chi connectivity index (χ0v) is 8.64. The molecule has 0 aromatic carbocycles. The molecule has 4 N–H and O–H groups in total. The van der Waals surface area contributed by atoms with Crippen molar-refractivity contribution < 1.29 is 9.84 Å². The van der Waals surface area contributed by atoms with Gasteiger partial charge in [0, 0.05) is 0 Å². The van der Waals surface area contributed by atoms with Gasteiger partial charge in [-0.3, -0.25) is 0 Å². The van der Waals surface area contributed by atoms with Gasteiger partial charge in [0.25, 0.3) is 0 Å². The summed E-state index contributed by atoms with van der Waals surface area (Å²) in [5.41, 5.74) is 2.30. The molecule has 0 radical (unpaired) electrons. The number of pyridine rings is 1. The number of nitrogen functional groups attached to an aromatic ring is 1. The topological polar surface area (TPSA) is 80.4 Å². The van der Waals surface area contributed by atoms with E-state index < -0.39 is 0 Å². The normalized spacial score (nSPS) is 10.0. The van der Waals surface area contributed by atoms with Gasteiger partial charge in [0.05, 0.1) is 11.6 Å². The zero-order chi connectivity index (χ0) is 10.6. The molecule has 0 saturated heterocycles. The number of hydrazine groups is 1. The minimum absolute atomic E-state index is 0.109. The van der Waals surface area contributed by atoms with Crippen LogP contribution in [0.5, 0.6) is 5.88 Å². The van der Waals surface area contributed by atoms with Crippen molar-refractivity contribution in [2.24, 2.45) is 5.84 Å². The summed E-state index contributed by atoms with van der Waals surface area (Å²) in [4.78, 5) is 3.89. The second-order valence-corrected chi connectivity index (χ2v) is 3.14. The number of hydrogen-bond donors (Lipinski definition) is 3. The van der Waals surface area contributed by atoms with Crippen LogP contribution in [0.15, 0.2) is 6.07 Å². The number of anilines is 1. The highest BCUT2D eigenvalue weighted by molar-refractivity contribution is 6.36. The Morgan fingerprint density at radius 1 is 1.50 bits per heavy atom. The Bertz CT molecular complexity index is 322. The molecule has 1 aromatic rings. The van der Waals surface area contributed by atoms with E-state index in [1.165, 1.54) is 6.07 Å². The molecule has 7 heteroatoms. The third kappa shape index (κ3) is 2.62. The van der Waals surface area contributed by atoms with E-state index in [1.54, 1.807) is 0 Å². The lowest BCUT2D eigenvalue weighted by atomic mass is 10.4. The third-order valence-electron chi connectivity index (χ3n) is 1.36. The van der Waals surface area contributed by atoms with Crippen LogP contribution in [0.4, 0.5) is 5.82 Å². The van der Waals surface area contributed by atoms with Gasteiger partial charge in [-0.2, -0.15) is 4.98 Å². The van der Waals surface area contributed by atoms with E-state index in [9.17, 15) is 0 Å². The number of aromatic nitrogens is 1. The van der Waals surface area contributed by atoms with Crippen LogP contribution in [0.25, 0.3) is 0 Å². The quantitative estimate of drug-likeness (QED) is 0.539. The molecule has 0 bridgehead atoms. The predicted octanol–water partition coefficient (Wildman–Crippen LogP) is 1.05. The summed E-state index contributed by atoms with van der Waals surface area (Å²) in [5, 5.41) is 9.10. The summed E-state index contributed by atoms with van der Waals surface area (Å²) >= 11 is 11.5. The van der Waals surface area contributed by atoms with Gasteiger partial charge in [-0.1, -0.05) is 23.2 Å². The van der Waals surface area contributed by atoms with Crippen LogP contribution >= 0.6 is 23.2 Å². The van der Waals surface area contributed by atoms with Gasteiger partial charge in [0.15, 0.2) is 5.82 Å². The number of nitrogens with two attached hydrogens (primary N) is 1. The highest BCUT2D eigenvalue weighted by Gasteiger charge is 2.09. The Morgan fingerprint density at radius 3 is 2.79 bits per heavy atom. The molecular weight excluding hydrogens is 229 g/mol. The number of hydrogen-bond acceptors (Lipinski definition) is 5. The van der Waals surface area contributed by atoms with Crippen LogP contribution < -0.4 is 16.0 Å². The van der Waals surface area contributed by atoms with E-state index in [0.29, 0.717) is 5.02 Å². The smallest absolute Gasteiger partial charge is 0.234 e. The summed E-state index contributed by atoms with van der Waals surface area (Å²) in [6.45, 7) is -0.00954. The maximum Gasteiger partial charge on any atom is 0.234 e. The maximum atomic E-state index is 8.54. The van der Waals surface area contributed by atoms with E-state index in [2.05, 4.69) is 10.4 Å². The number of nitrogens with one attached hydrogen (secondary N) is 1. The van der Waals surface area contributed by atoms with Gasteiger partial charge >= 0.3 is 0 Å². The molecule has 0 atom stereocenters. The van der Waals surface area contributed by atoms with Crippen molar-refractivity contribution in [3.8, 4) is 5.88 Å². The first kappa shape index (κ1) is 11.3. The summed E-state index contributed by atoms with van der Waals surface area (Å²) in [7, 11) is 0. The molecule has 0 fully saturated rings. The van der Waals surface area contributed by atoms with Crippen molar-refractivity contribution >= 4 is 29.0 Å². The molecule has 78 valence electrons. The van der Waals surface area contributed by atoms with Gasteiger partial charge in [-0.15, -0.1) is 0 Å². The fraction of sp³-hybridized carbons (Fsp3) is 0.286. The minimum atomic E-state index is -0.119. The summed E-state index contributed by atoms with van der Waals surface area (Å²) in [6.07, 6.45) is 0. The number of aliphatic hydroxyl groups is 1. The Kier molecular flexibility index (Phi) is 4.21. The minimum Gasteiger partial charge on any atom is -0.474 e. The van der Waals surface area contributed by atoms with Crippen molar-refractivity contribution in [2.75, 3.05) is 18.6 Å². The van der Waals surface area contributed by atoms with Crippen LogP contribution in [0.2, 0.25) is 10.0 Å². The molecule has 0 aliphatic heterocycles. The first-order valence-electron chi connectivity index (χ1n) is 3.75. The van der Waals surface area contributed by atoms with E-state index in [-0.39, 0.29) is 29.9 Å². The van der Waals surface area contributed by atoms with Crippen molar-refractivity contribution in [1.82, 2.24) is 4.98 Å². The average Bonchev–Trinajstić information content (AvgIpc) is 2.17. The molecule has 1 aromatic heterocycles. The largest absolute Gasteiger partial charge is 0.474 e. The predicted molar refractivity (Wildman–Crippen MR) is 54.6 cm³/mol. The maximum absolute atomic E-state index is 8.54. The van der Waals surface area contributed by atoms with Gasteiger partial charge in [0.1, 0.15) is 11.6 Å². The van der Waals surface area contributed by atoms with Crippen LogP contribution in [0, 0.1) is 0 Å². The second-order valence-electron chi connectivity index (χ2n) is 2.32. The van der Waals surface area contributed by atoms with E-state index in [1.807, 2.05) is 0 Å². The van der Waals surface area contributed by atoms with Crippen LogP contribution in [-0.2, 0) is 0 Å². The Hall–Kier alpha value is -0.750. The second kappa shape index (κ2) is 5.21. The molecular formula is C7H9Cl2N3O2. The van der Waals surface area contributed by atoms with E-state index in [4.69, 9.17) is 38.9 Å². The molecule has 5 nitrogen and oxygen atoms in total. The first-order chi connectivity index (χ1) is 6.69. The molecule has 0 unspecified atom stereocenters. The van der Waals surface area contributed by atoms with Crippen molar-refractivity contribution in [1.29, 1.82) is 0 Å². The van der Waals surface area contributed by atoms with Gasteiger partial charge in [-0.05, 0) is 6.07 Å². The highest BCUT2D eigenvalue weighted by Crippen LogP contribution is 2.29. The van der Waals surface area contributed by atoms with Gasteiger partial charge < -0.3 is 15.3 Å². The lowest BCUT2D eigenvalue weighted by Crippen LogP contribution is -2.11. The van der Waals surface area contributed by atoms with E-state index in [0.717, 1.165) is 0 Å². The van der Waals surface area contributed by atoms with Crippen molar-refractivity contribution in [2.45, 2.75) is 0 Å². The summed E-state index contributed by atoms with van der Waals surface area (Å²) in [5.74, 6) is 5.60. The monoisotopic (exact) mass is 237 g/mol. The van der Waals surface area contributed by atoms with Crippen LogP contribution in [0.1, 0.15) is 0 Å². The Labute approximate surface area is 90.8 Å². The summed E-state index contributed by atoms with van der Waals surface area (Å²) < 4.78 is 5.04. The SMILES string of the molecule is NNc1nc(OCCO)c(Cl)cc1Cl. The number of rotatable bonds is 4. The third-order valence-corrected chi connectivity index (χ3v) is 1.92. The Balaban J connectivity index is 2.92. The lowest BCUT2D eigenvalue weighted by Gasteiger charge is -2.08. The molecule has 1 rings (SSSR count). The number of halogens is 2. The van der Waals surface area contributed by atoms with Crippen LogP contribution in [0.3, 0.4) is 0 Å². The zero-order valence-electron chi connectivity index (χ0n) is 7.13. The highest BCUT2D eigenvalue weighted by atomic mass is 35.5. The fourth-order valence-electron chi connectivity index (χ4n) is 0.794. The number of nitrogens with zero attached hydrogens (tertiary/aromatic N) is 1. The standard InChI is InChI=1S/C7H9Cl2N3O2/c8-4-3-5(9)7(14-2-1-13)11-6(4)12-10/h3,13H,1-2,10H2,(H,11,12). The molecule has 0 amide bonds. The van der Waals surface area contributed by atoms with Crippen molar-refractivity contribution in [3.05, 3.63) is 16.1 Å². The van der Waals surface area contributed by atoms with Gasteiger partial charge in [-0.25, -0.2) is 5.84 Å². The van der Waals surface area contributed by atoms with Gasteiger partial charge in [0.2, 0.25) is 5.88 Å². The average molecular weight is 238 g/mol. The van der Waals surface area contributed by atoms with E-state index >= 15 is 0 Å². The lowest BCUT2D eigenvalue weighted by molar-refractivity contribution is 0.197.